The Balaban J connectivity index is 1.98. The van der Waals surface area contributed by atoms with E-state index in [1.165, 1.54) is 0 Å². The lowest BCUT2D eigenvalue weighted by molar-refractivity contribution is 1.53. The highest BCUT2D eigenvalue weighted by atomic mass is 13.9. The molecule has 0 fully saturated rings. The molecule has 0 heteroatoms. The summed E-state index contributed by atoms with van der Waals surface area (Å²) in [4.78, 5) is 0. The van der Waals surface area contributed by atoms with Gasteiger partial charge >= 0.3 is 0 Å². The lowest BCUT2D eigenvalue weighted by Crippen LogP contribution is -2.06. The molecule has 2 aromatic rings. The van der Waals surface area contributed by atoms with Crippen molar-refractivity contribution < 1.29 is 0 Å². The average Bonchev–Trinajstić information content (AvgIpc) is 2.51. The Labute approximate surface area is 119 Å². The molecule has 2 aromatic carbocycles. The molecule has 0 nitrogen and oxygen atoms in total. The first-order valence-corrected chi connectivity index (χ1v) is 6.64. The Morgan fingerprint density at radius 2 is 1.50 bits per heavy atom. The van der Waals surface area contributed by atoms with Gasteiger partial charge in [0.15, 0.2) is 0 Å². The molecule has 0 aliphatic heterocycles. The van der Waals surface area contributed by atoms with Crippen LogP contribution in [0.3, 0.4) is 0 Å². The zero-order valence-electron chi connectivity index (χ0n) is 11.1. The van der Waals surface area contributed by atoms with E-state index >= 15 is 0 Å². The van der Waals surface area contributed by atoms with Gasteiger partial charge in [0.1, 0.15) is 10.8 Å². The standard InChI is InChI=1S/C20H14/c1-3-7-17(8-4-1)15-19-11-13-20(14-12-19)16-18-9-5-2-6-10-18/h1-14H. The number of benzene rings is 2. The molecular weight excluding hydrogens is 240 g/mol. The van der Waals surface area contributed by atoms with E-state index < -0.39 is 0 Å². The SMILES string of the molecule is C(=C1C=C[CH-]C=C1)=c1ccc(=[C+]c2ccccc2)cc1. The fourth-order valence-electron chi connectivity index (χ4n) is 2.01. The molecule has 0 atom stereocenters. The third-order valence-electron chi connectivity index (χ3n) is 3.01. The number of allylic oxidation sites excluding steroid dienone is 5. The predicted octanol–water partition coefficient (Wildman–Crippen LogP) is 3.03. The van der Waals surface area contributed by atoms with Gasteiger partial charge in [0.25, 0.3) is 0 Å². The van der Waals surface area contributed by atoms with Gasteiger partial charge in [-0.05, 0) is 30.3 Å². The van der Waals surface area contributed by atoms with Gasteiger partial charge in [-0.3, -0.25) is 0 Å². The quantitative estimate of drug-likeness (QED) is 0.686. The van der Waals surface area contributed by atoms with E-state index in [4.69, 9.17) is 0 Å². The smallest absolute Gasteiger partial charge is 0.122 e. The predicted molar refractivity (Wildman–Crippen MR) is 84.1 cm³/mol. The fraction of sp³-hybridized carbons (Fsp3) is 0. The highest BCUT2D eigenvalue weighted by Gasteiger charge is 1.92. The van der Waals surface area contributed by atoms with Crippen molar-refractivity contribution in [1.29, 1.82) is 0 Å². The van der Waals surface area contributed by atoms with Crippen molar-refractivity contribution in [2.24, 2.45) is 0 Å². The second-order valence-corrected chi connectivity index (χ2v) is 4.56. The summed E-state index contributed by atoms with van der Waals surface area (Å²) in [6.07, 6.45) is 13.5. The third-order valence-corrected chi connectivity index (χ3v) is 3.01. The molecule has 20 heavy (non-hydrogen) atoms. The summed E-state index contributed by atoms with van der Waals surface area (Å²) in [6.45, 7) is 0. The summed E-state index contributed by atoms with van der Waals surface area (Å²) in [5, 5.41) is 2.16. The molecule has 0 aromatic heterocycles. The van der Waals surface area contributed by atoms with Gasteiger partial charge in [0.05, 0.1) is 0 Å². The molecule has 0 spiro atoms. The second kappa shape index (κ2) is 5.91. The van der Waals surface area contributed by atoms with E-state index in [9.17, 15) is 0 Å². The van der Waals surface area contributed by atoms with Crippen LogP contribution in [0.25, 0.3) is 11.8 Å². The van der Waals surface area contributed by atoms with E-state index in [1.807, 2.05) is 36.8 Å². The van der Waals surface area contributed by atoms with Gasteiger partial charge in [-0.2, -0.15) is 30.7 Å². The van der Waals surface area contributed by atoms with Gasteiger partial charge < -0.3 is 0 Å². The van der Waals surface area contributed by atoms with E-state index in [-0.39, 0.29) is 0 Å². The fourth-order valence-corrected chi connectivity index (χ4v) is 2.01. The van der Waals surface area contributed by atoms with Crippen molar-refractivity contribution in [3.8, 4) is 0 Å². The minimum Gasteiger partial charge on any atom is -0.171 e. The van der Waals surface area contributed by atoms with Crippen molar-refractivity contribution in [2.75, 3.05) is 0 Å². The Morgan fingerprint density at radius 3 is 2.20 bits per heavy atom. The van der Waals surface area contributed by atoms with Gasteiger partial charge in [0.2, 0.25) is 0 Å². The monoisotopic (exact) mass is 254 g/mol. The van der Waals surface area contributed by atoms with Crippen LogP contribution in [0, 0.1) is 6.42 Å². The van der Waals surface area contributed by atoms with Crippen LogP contribution in [0.15, 0.2) is 84.5 Å². The summed E-state index contributed by atoms with van der Waals surface area (Å²) in [5.41, 5.74) is 5.55. The van der Waals surface area contributed by atoms with Crippen LogP contribution in [0.5, 0.6) is 0 Å². The molecule has 1 aliphatic rings. The van der Waals surface area contributed by atoms with E-state index in [0.29, 0.717) is 0 Å². The molecule has 0 N–H and O–H groups in total. The molecule has 0 radical (unpaired) electrons. The van der Waals surface area contributed by atoms with Crippen molar-refractivity contribution in [1.82, 2.24) is 0 Å². The Morgan fingerprint density at radius 1 is 0.800 bits per heavy atom. The second-order valence-electron chi connectivity index (χ2n) is 4.56. The van der Waals surface area contributed by atoms with Gasteiger partial charge in [0, 0.05) is 35.6 Å². The molecule has 0 heterocycles. The van der Waals surface area contributed by atoms with Crippen molar-refractivity contribution in [3.05, 3.63) is 107 Å². The first-order chi connectivity index (χ1) is 9.90. The van der Waals surface area contributed by atoms with Crippen molar-refractivity contribution in [3.63, 3.8) is 0 Å². The van der Waals surface area contributed by atoms with Crippen LogP contribution in [-0.2, 0) is 0 Å². The normalized spacial score (nSPS) is 12.5. The summed E-state index contributed by atoms with van der Waals surface area (Å²) in [5.74, 6) is 0. The Hall–Kier alpha value is -2.78. The van der Waals surface area contributed by atoms with Crippen molar-refractivity contribution in [2.45, 2.75) is 0 Å². The lowest BCUT2D eigenvalue weighted by atomic mass is 10.1. The number of hydrogen-bond acceptors (Lipinski definition) is 0. The van der Waals surface area contributed by atoms with Crippen molar-refractivity contribution >= 4 is 11.8 Å². The maximum absolute atomic E-state index is 3.37. The summed E-state index contributed by atoms with van der Waals surface area (Å²) >= 11 is 0. The molecule has 0 saturated heterocycles. The molecule has 94 valence electrons. The molecule has 0 saturated carbocycles. The highest BCUT2D eigenvalue weighted by molar-refractivity contribution is 5.50. The Bertz CT molecular complexity index is 761. The van der Waals surface area contributed by atoms with E-state index in [0.717, 1.165) is 21.6 Å². The van der Waals surface area contributed by atoms with Gasteiger partial charge in [-0.1, -0.05) is 5.57 Å². The molecule has 3 rings (SSSR count). The zero-order chi connectivity index (χ0) is 13.6. The van der Waals surface area contributed by atoms with E-state index in [1.54, 1.807) is 0 Å². The molecule has 1 aliphatic carbocycles. The first-order valence-electron chi connectivity index (χ1n) is 6.64. The van der Waals surface area contributed by atoms with Crippen LogP contribution in [0.4, 0.5) is 0 Å². The number of hydrogen-bond donors (Lipinski definition) is 0. The molecule has 0 amide bonds. The summed E-state index contributed by atoms with van der Waals surface area (Å²) in [7, 11) is 0. The van der Waals surface area contributed by atoms with Crippen LogP contribution in [-0.4, -0.2) is 0 Å². The maximum Gasteiger partial charge on any atom is 0.122 e. The van der Waals surface area contributed by atoms with Crippen LogP contribution >= 0.6 is 0 Å². The average molecular weight is 254 g/mol. The molecular formula is C20H14. The topological polar surface area (TPSA) is 0 Å². The van der Waals surface area contributed by atoms with E-state index in [2.05, 4.69) is 60.4 Å². The first kappa shape index (κ1) is 12.3. The van der Waals surface area contributed by atoms with Gasteiger partial charge in [-0.25, -0.2) is 0 Å². The van der Waals surface area contributed by atoms with Crippen LogP contribution < -0.4 is 10.4 Å². The third kappa shape index (κ3) is 3.16. The van der Waals surface area contributed by atoms with Gasteiger partial charge in [-0.15, -0.1) is 5.73 Å². The zero-order valence-corrected chi connectivity index (χ0v) is 11.1. The summed E-state index contributed by atoms with van der Waals surface area (Å²) < 4.78 is 0. The molecule has 0 bridgehead atoms. The Kier molecular flexibility index (Phi) is 3.62. The molecule has 0 unspecified atom stereocenters. The lowest BCUT2D eigenvalue weighted by Gasteiger charge is -2.03. The minimum atomic E-state index is 1.08. The minimum absolute atomic E-state index is 1.08. The maximum atomic E-state index is 3.37. The summed E-state index contributed by atoms with van der Waals surface area (Å²) in [6, 6.07) is 18.4. The number of rotatable bonds is 1. The largest absolute Gasteiger partial charge is 0.171 e. The van der Waals surface area contributed by atoms with Crippen LogP contribution in [0.1, 0.15) is 5.56 Å². The van der Waals surface area contributed by atoms with Crippen LogP contribution in [0.2, 0.25) is 0 Å². The highest BCUT2D eigenvalue weighted by Crippen LogP contribution is 2.04.